The summed E-state index contributed by atoms with van der Waals surface area (Å²) in [6, 6.07) is 14.3. The fourth-order valence-electron chi connectivity index (χ4n) is 3.31. The highest BCUT2D eigenvalue weighted by atomic mass is 16.4. The minimum absolute atomic E-state index is 0.134. The number of anilines is 1. The van der Waals surface area contributed by atoms with Gasteiger partial charge in [0.05, 0.1) is 6.42 Å². The van der Waals surface area contributed by atoms with E-state index in [1.807, 2.05) is 37.3 Å². The first kappa shape index (κ1) is 16.5. The Hall–Kier alpha value is -2.95. The van der Waals surface area contributed by atoms with Crippen molar-refractivity contribution in [2.24, 2.45) is 0 Å². The lowest BCUT2D eigenvalue weighted by molar-refractivity contribution is -0.115. The summed E-state index contributed by atoms with van der Waals surface area (Å²) < 4.78 is 5.63. The van der Waals surface area contributed by atoms with Crippen molar-refractivity contribution in [2.45, 2.75) is 39.0 Å². The van der Waals surface area contributed by atoms with E-state index in [0.717, 1.165) is 24.0 Å². The summed E-state index contributed by atoms with van der Waals surface area (Å²) in [4.78, 5) is 12.2. The summed E-state index contributed by atoms with van der Waals surface area (Å²) in [5.74, 6) is 0.263. The molecule has 0 spiro atoms. The molecule has 1 aliphatic carbocycles. The van der Waals surface area contributed by atoms with Crippen molar-refractivity contribution >= 4 is 11.9 Å². The first-order chi connectivity index (χ1) is 12.7. The summed E-state index contributed by atoms with van der Waals surface area (Å²) in [5, 5.41) is 10.7. The zero-order chi connectivity index (χ0) is 17.9. The second kappa shape index (κ2) is 7.12. The fourth-order valence-corrected chi connectivity index (χ4v) is 3.31. The summed E-state index contributed by atoms with van der Waals surface area (Å²) in [6.07, 6.45) is 4.98. The van der Waals surface area contributed by atoms with Crippen LogP contribution >= 0.6 is 0 Å². The number of aromatic nitrogens is 2. The largest absolute Gasteiger partial charge is 0.403 e. The van der Waals surface area contributed by atoms with E-state index >= 15 is 0 Å². The van der Waals surface area contributed by atoms with E-state index in [9.17, 15) is 4.79 Å². The predicted molar refractivity (Wildman–Crippen MR) is 99.9 cm³/mol. The summed E-state index contributed by atoms with van der Waals surface area (Å²) in [7, 11) is 0. The Morgan fingerprint density at radius 3 is 2.62 bits per heavy atom. The molecule has 1 aromatic heterocycles. The number of fused-ring (bicyclic) bond motifs is 1. The quantitative estimate of drug-likeness (QED) is 0.771. The highest BCUT2D eigenvalue weighted by molar-refractivity contribution is 5.90. The lowest BCUT2D eigenvalue weighted by Gasteiger charge is -2.15. The van der Waals surface area contributed by atoms with Gasteiger partial charge in [-0.3, -0.25) is 10.1 Å². The number of benzene rings is 2. The number of carbonyl (C=O) groups excluding carboxylic acids is 1. The van der Waals surface area contributed by atoms with Gasteiger partial charge in [0.15, 0.2) is 0 Å². The maximum atomic E-state index is 12.2. The molecule has 0 radical (unpaired) electrons. The van der Waals surface area contributed by atoms with Gasteiger partial charge in [0.25, 0.3) is 0 Å². The second-order valence-electron chi connectivity index (χ2n) is 6.81. The van der Waals surface area contributed by atoms with Crippen LogP contribution in [0.25, 0.3) is 11.5 Å². The highest BCUT2D eigenvalue weighted by Crippen LogP contribution is 2.27. The van der Waals surface area contributed by atoms with E-state index < -0.39 is 0 Å². The van der Waals surface area contributed by atoms with Crippen LogP contribution in [0.2, 0.25) is 0 Å². The number of hydrogen-bond donors (Lipinski definition) is 1. The SMILES string of the molecule is Cc1ccc(CC(=O)Nc2nnc(-c3ccc4c(c3)CCCC4)o2)cc1. The summed E-state index contributed by atoms with van der Waals surface area (Å²) >= 11 is 0. The van der Waals surface area contributed by atoms with Gasteiger partial charge in [0, 0.05) is 5.56 Å². The molecular formula is C21H21N3O2. The van der Waals surface area contributed by atoms with Crippen LogP contribution in [-0.2, 0) is 24.1 Å². The van der Waals surface area contributed by atoms with Crippen molar-refractivity contribution < 1.29 is 9.21 Å². The molecule has 26 heavy (non-hydrogen) atoms. The van der Waals surface area contributed by atoms with Gasteiger partial charge in [-0.05, 0) is 61.4 Å². The monoisotopic (exact) mass is 347 g/mol. The summed E-state index contributed by atoms with van der Waals surface area (Å²) in [6.45, 7) is 2.02. The molecule has 1 heterocycles. The molecule has 0 saturated heterocycles. The van der Waals surface area contributed by atoms with Gasteiger partial charge >= 0.3 is 6.01 Å². The first-order valence-corrected chi connectivity index (χ1v) is 8.98. The number of aryl methyl sites for hydroxylation is 3. The number of nitrogens with one attached hydrogen (secondary N) is 1. The third kappa shape index (κ3) is 3.67. The molecule has 1 aliphatic rings. The van der Waals surface area contributed by atoms with E-state index in [0.29, 0.717) is 5.89 Å². The highest BCUT2D eigenvalue weighted by Gasteiger charge is 2.15. The smallest absolute Gasteiger partial charge is 0.322 e. The van der Waals surface area contributed by atoms with Crippen molar-refractivity contribution in [1.29, 1.82) is 0 Å². The van der Waals surface area contributed by atoms with E-state index in [1.54, 1.807) is 0 Å². The standard InChI is InChI=1S/C21H21N3O2/c1-14-6-8-15(9-7-14)12-19(25)22-21-24-23-20(26-21)18-11-10-16-4-2-3-5-17(16)13-18/h6-11,13H,2-5,12H2,1H3,(H,22,24,25). The van der Waals surface area contributed by atoms with Gasteiger partial charge in [0.1, 0.15) is 0 Å². The van der Waals surface area contributed by atoms with Crippen molar-refractivity contribution in [1.82, 2.24) is 10.2 Å². The van der Waals surface area contributed by atoms with Gasteiger partial charge in [-0.15, -0.1) is 5.10 Å². The Kier molecular flexibility index (Phi) is 4.52. The predicted octanol–water partition coefficient (Wildman–Crippen LogP) is 4.11. The third-order valence-corrected chi connectivity index (χ3v) is 4.75. The van der Waals surface area contributed by atoms with Crippen LogP contribution in [-0.4, -0.2) is 16.1 Å². The molecule has 4 rings (SSSR count). The van der Waals surface area contributed by atoms with E-state index in [4.69, 9.17) is 4.42 Å². The molecule has 3 aromatic rings. The van der Waals surface area contributed by atoms with Gasteiger partial charge in [-0.25, -0.2) is 0 Å². The number of carbonyl (C=O) groups is 1. The van der Waals surface area contributed by atoms with E-state index in [1.165, 1.54) is 29.5 Å². The van der Waals surface area contributed by atoms with Crippen LogP contribution in [0.5, 0.6) is 0 Å². The van der Waals surface area contributed by atoms with Crippen molar-refractivity contribution in [3.63, 3.8) is 0 Å². The third-order valence-electron chi connectivity index (χ3n) is 4.75. The van der Waals surface area contributed by atoms with Crippen LogP contribution in [0.15, 0.2) is 46.9 Å². The molecule has 5 nitrogen and oxygen atoms in total. The zero-order valence-corrected chi connectivity index (χ0v) is 14.8. The molecule has 0 fully saturated rings. The maximum Gasteiger partial charge on any atom is 0.322 e. The minimum Gasteiger partial charge on any atom is -0.403 e. The Morgan fingerprint density at radius 2 is 1.81 bits per heavy atom. The fraction of sp³-hybridized carbons (Fsp3) is 0.286. The van der Waals surface area contributed by atoms with Crippen LogP contribution < -0.4 is 5.32 Å². The van der Waals surface area contributed by atoms with Gasteiger partial charge < -0.3 is 4.42 Å². The zero-order valence-electron chi connectivity index (χ0n) is 14.8. The number of amides is 1. The minimum atomic E-state index is -0.172. The normalized spacial score (nSPS) is 13.3. The second-order valence-corrected chi connectivity index (χ2v) is 6.81. The van der Waals surface area contributed by atoms with Crippen LogP contribution in [0.1, 0.15) is 35.1 Å². The Balaban J connectivity index is 1.44. The topological polar surface area (TPSA) is 68.0 Å². The number of hydrogen-bond acceptors (Lipinski definition) is 4. The molecule has 2 aromatic carbocycles. The Morgan fingerprint density at radius 1 is 1.04 bits per heavy atom. The first-order valence-electron chi connectivity index (χ1n) is 8.98. The van der Waals surface area contributed by atoms with Crippen LogP contribution in [0.4, 0.5) is 6.01 Å². The van der Waals surface area contributed by atoms with E-state index in [2.05, 4.69) is 27.6 Å². The Labute approximate surface area is 152 Å². The molecular weight excluding hydrogens is 326 g/mol. The summed E-state index contributed by atoms with van der Waals surface area (Å²) in [5.41, 5.74) is 5.78. The molecule has 0 unspecified atom stereocenters. The Bertz CT molecular complexity index is 929. The molecule has 0 bridgehead atoms. The lowest BCUT2D eigenvalue weighted by Crippen LogP contribution is -2.14. The molecule has 0 atom stereocenters. The van der Waals surface area contributed by atoms with Gasteiger partial charge in [-0.2, -0.15) is 0 Å². The average molecular weight is 347 g/mol. The molecule has 0 saturated carbocycles. The van der Waals surface area contributed by atoms with E-state index in [-0.39, 0.29) is 18.3 Å². The molecule has 1 amide bonds. The van der Waals surface area contributed by atoms with Gasteiger partial charge in [-0.1, -0.05) is 41.0 Å². The molecule has 0 aliphatic heterocycles. The van der Waals surface area contributed by atoms with Crippen molar-refractivity contribution in [2.75, 3.05) is 5.32 Å². The number of rotatable bonds is 4. The molecule has 1 N–H and O–H groups in total. The van der Waals surface area contributed by atoms with Crippen molar-refractivity contribution in [3.8, 4) is 11.5 Å². The number of nitrogens with zero attached hydrogens (tertiary/aromatic N) is 2. The molecule has 5 heteroatoms. The van der Waals surface area contributed by atoms with Gasteiger partial charge in [0.2, 0.25) is 11.8 Å². The van der Waals surface area contributed by atoms with Crippen LogP contribution in [0, 0.1) is 6.92 Å². The van der Waals surface area contributed by atoms with Crippen molar-refractivity contribution in [3.05, 3.63) is 64.7 Å². The molecule has 132 valence electrons. The average Bonchev–Trinajstić information content (AvgIpc) is 3.11. The van der Waals surface area contributed by atoms with Crippen LogP contribution in [0.3, 0.4) is 0 Å². The lowest BCUT2D eigenvalue weighted by atomic mass is 9.90. The maximum absolute atomic E-state index is 12.2.